The average Bonchev–Trinajstić information content (AvgIpc) is 2.61. The van der Waals surface area contributed by atoms with Crippen LogP contribution in [0.2, 0.25) is 0 Å². The van der Waals surface area contributed by atoms with Gasteiger partial charge in [-0.15, -0.1) is 6.42 Å². The highest BCUT2D eigenvalue weighted by Crippen LogP contribution is 2.33. The molecule has 0 aliphatic heterocycles. The lowest BCUT2D eigenvalue weighted by Gasteiger charge is -2.11. The number of methoxy groups -OCH3 is 1. The van der Waals surface area contributed by atoms with Crippen molar-refractivity contribution >= 4 is 27.8 Å². The van der Waals surface area contributed by atoms with Crippen LogP contribution in [0.5, 0.6) is 11.5 Å². The third kappa shape index (κ3) is 5.17. The average molecular weight is 427 g/mol. The number of hydrogen-bond donors (Lipinski definition) is 1. The first-order chi connectivity index (χ1) is 12.3. The second-order valence-corrected chi connectivity index (χ2v) is 5.82. The maximum Gasteiger partial charge on any atom is 0.416 e. The summed E-state index contributed by atoms with van der Waals surface area (Å²) in [6.45, 7) is 0.103. The van der Waals surface area contributed by atoms with Crippen LogP contribution < -0.4 is 14.9 Å². The lowest BCUT2D eigenvalue weighted by atomic mass is 10.2. The number of alkyl halides is 3. The molecule has 0 atom stereocenters. The minimum absolute atomic E-state index is 0.103. The van der Waals surface area contributed by atoms with E-state index in [2.05, 4.69) is 32.4 Å². The Bertz CT molecular complexity index is 828. The van der Waals surface area contributed by atoms with Crippen molar-refractivity contribution in [3.05, 3.63) is 52.0 Å². The van der Waals surface area contributed by atoms with E-state index in [1.54, 1.807) is 12.1 Å². The van der Waals surface area contributed by atoms with Crippen LogP contribution in [-0.4, -0.2) is 19.9 Å². The van der Waals surface area contributed by atoms with Crippen LogP contribution >= 0.6 is 15.9 Å². The quantitative estimate of drug-likeness (QED) is 0.404. The van der Waals surface area contributed by atoms with Gasteiger partial charge in [-0.2, -0.15) is 18.3 Å². The van der Waals surface area contributed by atoms with Crippen LogP contribution in [0, 0.1) is 12.3 Å². The van der Waals surface area contributed by atoms with Gasteiger partial charge in [-0.1, -0.05) is 5.92 Å². The molecule has 4 nitrogen and oxygen atoms in total. The summed E-state index contributed by atoms with van der Waals surface area (Å²) >= 11 is 3.39. The Hall–Kier alpha value is -2.66. The first kappa shape index (κ1) is 19.7. The summed E-state index contributed by atoms with van der Waals surface area (Å²) in [7, 11) is 1.49. The van der Waals surface area contributed by atoms with Crippen molar-refractivity contribution in [1.29, 1.82) is 0 Å². The van der Waals surface area contributed by atoms with Crippen molar-refractivity contribution < 1.29 is 22.6 Å². The highest BCUT2D eigenvalue weighted by Gasteiger charge is 2.29. The molecule has 0 saturated heterocycles. The minimum atomic E-state index is -4.37. The number of anilines is 1. The van der Waals surface area contributed by atoms with Crippen molar-refractivity contribution in [2.24, 2.45) is 5.10 Å². The van der Waals surface area contributed by atoms with Crippen LogP contribution in [0.1, 0.15) is 11.1 Å². The molecule has 1 N–H and O–H groups in total. The van der Waals surface area contributed by atoms with E-state index in [1.165, 1.54) is 25.5 Å². The normalized spacial score (nSPS) is 11.2. The van der Waals surface area contributed by atoms with Crippen molar-refractivity contribution in [2.75, 3.05) is 19.1 Å². The maximum atomic E-state index is 12.5. The van der Waals surface area contributed by atoms with Gasteiger partial charge in [-0.25, -0.2) is 0 Å². The molecule has 0 radical (unpaired) electrons. The van der Waals surface area contributed by atoms with E-state index in [4.69, 9.17) is 15.9 Å². The number of hydrogen-bond acceptors (Lipinski definition) is 4. The molecule has 0 aliphatic carbocycles. The predicted molar refractivity (Wildman–Crippen MR) is 97.7 cm³/mol. The Morgan fingerprint density at radius 2 is 1.92 bits per heavy atom. The Kier molecular flexibility index (Phi) is 6.52. The van der Waals surface area contributed by atoms with Crippen LogP contribution in [0.25, 0.3) is 0 Å². The second kappa shape index (κ2) is 8.63. The van der Waals surface area contributed by atoms with E-state index in [0.717, 1.165) is 12.1 Å². The maximum absolute atomic E-state index is 12.5. The number of terminal acetylenes is 1. The van der Waals surface area contributed by atoms with Gasteiger partial charge < -0.3 is 9.47 Å². The first-order valence-electron chi connectivity index (χ1n) is 7.25. The number of nitrogens with one attached hydrogen (secondary N) is 1. The summed E-state index contributed by atoms with van der Waals surface area (Å²) in [4.78, 5) is 0. The zero-order valence-electron chi connectivity index (χ0n) is 13.6. The van der Waals surface area contributed by atoms with Gasteiger partial charge in [-0.05, 0) is 52.3 Å². The van der Waals surface area contributed by atoms with Crippen LogP contribution in [0.15, 0.2) is 46.0 Å². The first-order valence-corrected chi connectivity index (χ1v) is 8.04. The lowest BCUT2D eigenvalue weighted by Crippen LogP contribution is -2.04. The Labute approximate surface area is 157 Å². The van der Waals surface area contributed by atoms with E-state index in [-0.39, 0.29) is 6.61 Å². The van der Waals surface area contributed by atoms with Gasteiger partial charge in [0.05, 0.1) is 24.6 Å². The molecule has 0 amide bonds. The topological polar surface area (TPSA) is 42.8 Å². The fraction of sp³-hybridized carbons (Fsp3) is 0.167. The lowest BCUT2D eigenvalue weighted by molar-refractivity contribution is -0.137. The monoisotopic (exact) mass is 426 g/mol. The van der Waals surface area contributed by atoms with Crippen molar-refractivity contribution in [2.45, 2.75) is 6.18 Å². The highest BCUT2D eigenvalue weighted by molar-refractivity contribution is 9.10. The number of nitrogens with zero attached hydrogens (tertiary/aromatic N) is 1. The van der Waals surface area contributed by atoms with Gasteiger partial charge in [0.25, 0.3) is 0 Å². The zero-order valence-corrected chi connectivity index (χ0v) is 15.2. The van der Waals surface area contributed by atoms with E-state index < -0.39 is 11.7 Å². The Morgan fingerprint density at radius 1 is 1.23 bits per heavy atom. The highest BCUT2D eigenvalue weighted by atomic mass is 79.9. The fourth-order valence-corrected chi connectivity index (χ4v) is 2.38. The van der Waals surface area contributed by atoms with Crippen LogP contribution in [0.4, 0.5) is 18.9 Å². The third-order valence-corrected chi connectivity index (χ3v) is 3.89. The minimum Gasteiger partial charge on any atom is -0.493 e. The fourth-order valence-electron chi connectivity index (χ4n) is 1.95. The molecule has 0 heterocycles. The molecule has 0 bridgehead atoms. The summed E-state index contributed by atoms with van der Waals surface area (Å²) in [5, 5.41) is 4.02. The van der Waals surface area contributed by atoms with Gasteiger partial charge >= 0.3 is 6.18 Å². The van der Waals surface area contributed by atoms with Crippen LogP contribution in [0.3, 0.4) is 0 Å². The number of ether oxygens (including phenoxy) is 2. The van der Waals surface area contributed by atoms with Crippen molar-refractivity contribution in [1.82, 2.24) is 0 Å². The van der Waals surface area contributed by atoms with Gasteiger partial charge in [0, 0.05) is 10.0 Å². The van der Waals surface area contributed by atoms with Gasteiger partial charge in [0.2, 0.25) is 0 Å². The number of benzene rings is 2. The molecular weight excluding hydrogens is 413 g/mol. The largest absolute Gasteiger partial charge is 0.493 e. The molecule has 0 spiro atoms. The van der Waals surface area contributed by atoms with Crippen molar-refractivity contribution in [3.8, 4) is 23.8 Å². The molecule has 0 fully saturated rings. The number of halogens is 4. The van der Waals surface area contributed by atoms with Gasteiger partial charge in [0.1, 0.15) is 6.61 Å². The molecule has 0 aromatic heterocycles. The molecule has 2 aromatic carbocycles. The summed E-state index contributed by atoms with van der Waals surface area (Å²) in [5.41, 5.74) is 3.05. The molecule has 8 heteroatoms. The predicted octanol–water partition coefficient (Wildman–Crippen LogP) is 4.93. The SMILES string of the molecule is C#CCOc1cc(Br)c(/C=N/Nc2ccc(C(F)(F)F)cc2)cc1OC. The molecule has 26 heavy (non-hydrogen) atoms. The summed E-state index contributed by atoms with van der Waals surface area (Å²) < 4.78 is 48.9. The number of hydrazone groups is 1. The van der Waals surface area contributed by atoms with E-state index in [1.807, 2.05) is 0 Å². The van der Waals surface area contributed by atoms with Gasteiger partial charge in [0.15, 0.2) is 11.5 Å². The number of rotatable bonds is 6. The molecule has 136 valence electrons. The van der Waals surface area contributed by atoms with E-state index in [9.17, 15) is 13.2 Å². The van der Waals surface area contributed by atoms with E-state index in [0.29, 0.717) is 27.2 Å². The van der Waals surface area contributed by atoms with Gasteiger partial charge in [-0.3, -0.25) is 5.43 Å². The summed E-state index contributed by atoms with van der Waals surface area (Å²) in [6.07, 6.45) is 2.30. The summed E-state index contributed by atoms with van der Waals surface area (Å²) in [6, 6.07) is 7.94. The molecule has 2 aromatic rings. The Balaban J connectivity index is 2.11. The molecule has 0 aliphatic rings. The van der Waals surface area contributed by atoms with Crippen molar-refractivity contribution in [3.63, 3.8) is 0 Å². The third-order valence-electron chi connectivity index (χ3n) is 3.20. The Morgan fingerprint density at radius 3 is 2.50 bits per heavy atom. The van der Waals surface area contributed by atoms with E-state index >= 15 is 0 Å². The standard InChI is InChI=1S/C18H14BrF3N2O2/c1-3-8-26-17-10-15(19)12(9-16(17)25-2)11-23-24-14-6-4-13(5-7-14)18(20,21)22/h1,4-7,9-11,24H,8H2,2H3/b23-11+. The molecule has 0 unspecified atom stereocenters. The second-order valence-electron chi connectivity index (χ2n) is 4.96. The zero-order chi connectivity index (χ0) is 19.2. The smallest absolute Gasteiger partial charge is 0.416 e. The molecule has 2 rings (SSSR count). The molecular formula is C18H14BrF3N2O2. The van der Waals surface area contributed by atoms with Crippen LogP contribution in [-0.2, 0) is 6.18 Å². The summed E-state index contributed by atoms with van der Waals surface area (Å²) in [5.74, 6) is 3.32. The molecule has 0 saturated carbocycles.